The van der Waals surface area contributed by atoms with Crippen LogP contribution in [0.5, 0.6) is 0 Å². The molecule has 0 radical (unpaired) electrons. The van der Waals surface area contributed by atoms with Gasteiger partial charge in [-0.05, 0) is 25.9 Å². The van der Waals surface area contributed by atoms with Crippen LogP contribution in [0.3, 0.4) is 0 Å². The molecular weight excluding hydrogens is 265 g/mol. The number of likely N-dealkylation sites (tertiary alicyclic amines) is 1. The molecule has 1 saturated heterocycles. The molecule has 1 aromatic rings. The highest BCUT2D eigenvalue weighted by atomic mass is 32.1. The van der Waals surface area contributed by atoms with Gasteiger partial charge in [0.25, 0.3) is 0 Å². The number of hydrazine groups is 1. The number of anilines is 1. The Hall–Kier alpha value is -0.860. The standard InChI is InChI=1S/C10H15F3N4S/c11-10(12,13)7-1-3-17(4-2-7)6-8-5-15-9(16-14)18-8/h5,7H,1-4,6,14H2,(H,15,16). The van der Waals surface area contributed by atoms with Gasteiger partial charge >= 0.3 is 6.18 Å². The number of hydrogen-bond donors (Lipinski definition) is 2. The van der Waals surface area contributed by atoms with E-state index in [-0.39, 0.29) is 12.8 Å². The van der Waals surface area contributed by atoms with Crippen molar-refractivity contribution in [2.75, 3.05) is 18.5 Å². The summed E-state index contributed by atoms with van der Waals surface area (Å²) in [6.45, 7) is 1.60. The number of thiazole rings is 1. The molecule has 0 unspecified atom stereocenters. The van der Waals surface area contributed by atoms with Crippen LogP contribution in [0.15, 0.2) is 6.20 Å². The van der Waals surface area contributed by atoms with Crippen LogP contribution in [0.25, 0.3) is 0 Å². The van der Waals surface area contributed by atoms with E-state index in [9.17, 15) is 13.2 Å². The van der Waals surface area contributed by atoms with Crippen molar-refractivity contribution in [3.05, 3.63) is 11.1 Å². The van der Waals surface area contributed by atoms with E-state index < -0.39 is 12.1 Å². The van der Waals surface area contributed by atoms with Crippen LogP contribution in [-0.4, -0.2) is 29.1 Å². The Morgan fingerprint density at radius 1 is 1.44 bits per heavy atom. The molecule has 3 N–H and O–H groups in total. The molecule has 0 spiro atoms. The molecule has 0 bridgehead atoms. The van der Waals surface area contributed by atoms with Crippen LogP contribution >= 0.6 is 11.3 Å². The highest BCUT2D eigenvalue weighted by Crippen LogP contribution is 2.34. The van der Waals surface area contributed by atoms with Crippen molar-refractivity contribution < 1.29 is 13.2 Å². The Morgan fingerprint density at radius 3 is 2.61 bits per heavy atom. The van der Waals surface area contributed by atoms with Crippen molar-refractivity contribution in [2.24, 2.45) is 11.8 Å². The quantitative estimate of drug-likeness (QED) is 0.658. The van der Waals surface area contributed by atoms with E-state index in [4.69, 9.17) is 5.84 Å². The molecule has 0 amide bonds. The van der Waals surface area contributed by atoms with Gasteiger partial charge < -0.3 is 0 Å². The van der Waals surface area contributed by atoms with E-state index in [1.807, 2.05) is 4.90 Å². The molecule has 18 heavy (non-hydrogen) atoms. The summed E-state index contributed by atoms with van der Waals surface area (Å²) in [6.07, 6.45) is -1.97. The van der Waals surface area contributed by atoms with E-state index in [2.05, 4.69) is 10.4 Å². The summed E-state index contributed by atoms with van der Waals surface area (Å²) in [5.74, 6) is 4.08. The molecule has 0 aromatic carbocycles. The number of piperidine rings is 1. The Bertz CT molecular complexity index is 385. The van der Waals surface area contributed by atoms with Gasteiger partial charge in [-0.2, -0.15) is 13.2 Å². The highest BCUT2D eigenvalue weighted by Gasteiger charge is 2.40. The fraction of sp³-hybridized carbons (Fsp3) is 0.700. The third-order valence-electron chi connectivity index (χ3n) is 3.11. The number of nitrogens with one attached hydrogen (secondary N) is 1. The van der Waals surface area contributed by atoms with Gasteiger partial charge in [-0.3, -0.25) is 10.3 Å². The minimum absolute atomic E-state index is 0.185. The molecule has 8 heteroatoms. The second kappa shape index (κ2) is 5.41. The van der Waals surface area contributed by atoms with E-state index in [1.165, 1.54) is 11.3 Å². The summed E-state index contributed by atoms with van der Waals surface area (Å²) < 4.78 is 37.5. The van der Waals surface area contributed by atoms with Crippen LogP contribution in [0, 0.1) is 5.92 Å². The third kappa shape index (κ3) is 3.33. The number of nitrogens with two attached hydrogens (primary N) is 1. The number of nitrogen functional groups attached to an aromatic ring is 1. The summed E-state index contributed by atoms with van der Waals surface area (Å²) in [4.78, 5) is 7.06. The Balaban J connectivity index is 1.83. The highest BCUT2D eigenvalue weighted by molar-refractivity contribution is 7.15. The van der Waals surface area contributed by atoms with Gasteiger partial charge in [-0.1, -0.05) is 11.3 Å². The Morgan fingerprint density at radius 2 is 2.11 bits per heavy atom. The average molecular weight is 280 g/mol. The van der Waals surface area contributed by atoms with E-state index in [0.717, 1.165) is 4.88 Å². The van der Waals surface area contributed by atoms with Crippen LogP contribution in [0.4, 0.5) is 18.3 Å². The third-order valence-corrected chi connectivity index (χ3v) is 4.02. The first-order valence-corrected chi connectivity index (χ1v) is 6.51. The molecule has 0 saturated carbocycles. The van der Waals surface area contributed by atoms with Crippen molar-refractivity contribution in [3.8, 4) is 0 Å². The van der Waals surface area contributed by atoms with Crippen molar-refractivity contribution in [2.45, 2.75) is 25.6 Å². The van der Waals surface area contributed by atoms with Gasteiger partial charge in [-0.25, -0.2) is 10.8 Å². The minimum Gasteiger partial charge on any atom is -0.300 e. The van der Waals surface area contributed by atoms with E-state index in [1.54, 1.807) is 6.20 Å². The summed E-state index contributed by atoms with van der Waals surface area (Å²) in [7, 11) is 0. The molecule has 1 aliphatic rings. The molecule has 2 rings (SSSR count). The molecule has 102 valence electrons. The predicted molar refractivity (Wildman–Crippen MR) is 64.0 cm³/mol. The lowest BCUT2D eigenvalue weighted by atomic mass is 9.96. The van der Waals surface area contributed by atoms with E-state index >= 15 is 0 Å². The Kier molecular flexibility index (Phi) is 4.08. The van der Waals surface area contributed by atoms with Gasteiger partial charge in [0, 0.05) is 17.6 Å². The normalized spacial score (nSPS) is 19.1. The number of alkyl halides is 3. The molecule has 0 atom stereocenters. The molecular formula is C10H15F3N4S. The molecule has 0 aliphatic carbocycles. The lowest BCUT2D eigenvalue weighted by Gasteiger charge is -2.32. The molecule has 1 fully saturated rings. The number of rotatable bonds is 3. The zero-order valence-corrected chi connectivity index (χ0v) is 10.5. The van der Waals surface area contributed by atoms with Crippen LogP contribution in [0.2, 0.25) is 0 Å². The number of aromatic nitrogens is 1. The van der Waals surface area contributed by atoms with Gasteiger partial charge in [0.2, 0.25) is 0 Å². The lowest BCUT2D eigenvalue weighted by Crippen LogP contribution is -2.38. The fourth-order valence-electron chi connectivity index (χ4n) is 2.09. The average Bonchev–Trinajstić information content (AvgIpc) is 2.76. The van der Waals surface area contributed by atoms with Crippen LogP contribution in [0.1, 0.15) is 17.7 Å². The minimum atomic E-state index is -4.05. The second-order valence-electron chi connectivity index (χ2n) is 4.37. The van der Waals surface area contributed by atoms with Crippen molar-refractivity contribution in [1.29, 1.82) is 0 Å². The first-order chi connectivity index (χ1) is 8.49. The monoisotopic (exact) mass is 280 g/mol. The molecule has 2 heterocycles. The SMILES string of the molecule is NNc1ncc(CN2CCC(C(F)(F)F)CC2)s1. The molecule has 1 aliphatic heterocycles. The number of halogens is 3. The zero-order chi connectivity index (χ0) is 13.2. The first-order valence-electron chi connectivity index (χ1n) is 5.69. The molecule has 4 nitrogen and oxygen atoms in total. The summed E-state index contributed by atoms with van der Waals surface area (Å²) in [5.41, 5.74) is 2.45. The maximum atomic E-state index is 12.5. The maximum absolute atomic E-state index is 12.5. The van der Waals surface area contributed by atoms with Crippen molar-refractivity contribution in [1.82, 2.24) is 9.88 Å². The topological polar surface area (TPSA) is 54.2 Å². The zero-order valence-electron chi connectivity index (χ0n) is 9.70. The predicted octanol–water partition coefficient (Wildman–Crippen LogP) is 2.20. The van der Waals surface area contributed by atoms with Crippen molar-refractivity contribution >= 4 is 16.5 Å². The van der Waals surface area contributed by atoms with Crippen LogP contribution in [-0.2, 0) is 6.54 Å². The van der Waals surface area contributed by atoms with Crippen molar-refractivity contribution in [3.63, 3.8) is 0 Å². The lowest BCUT2D eigenvalue weighted by molar-refractivity contribution is -0.185. The molecule has 1 aromatic heterocycles. The summed E-state index contributed by atoms with van der Waals surface area (Å²) in [5, 5.41) is 0.621. The maximum Gasteiger partial charge on any atom is 0.391 e. The van der Waals surface area contributed by atoms with Gasteiger partial charge in [0.15, 0.2) is 5.13 Å². The van der Waals surface area contributed by atoms with E-state index in [0.29, 0.717) is 24.8 Å². The fourth-order valence-corrected chi connectivity index (χ4v) is 2.85. The Labute approximate surface area is 107 Å². The van der Waals surface area contributed by atoms with Gasteiger partial charge in [0.05, 0.1) is 5.92 Å². The largest absolute Gasteiger partial charge is 0.391 e. The second-order valence-corrected chi connectivity index (χ2v) is 5.48. The van der Waals surface area contributed by atoms with Gasteiger partial charge in [0.1, 0.15) is 0 Å². The summed E-state index contributed by atoms with van der Waals surface area (Å²) >= 11 is 1.42. The van der Waals surface area contributed by atoms with Crippen LogP contribution < -0.4 is 11.3 Å². The summed E-state index contributed by atoms with van der Waals surface area (Å²) in [6, 6.07) is 0. The first kappa shape index (κ1) is 13.6. The smallest absolute Gasteiger partial charge is 0.300 e. The number of hydrogen-bond acceptors (Lipinski definition) is 5. The van der Waals surface area contributed by atoms with Gasteiger partial charge in [-0.15, -0.1) is 0 Å². The number of nitrogens with zero attached hydrogens (tertiary/aromatic N) is 2.